The maximum atomic E-state index is 15.8. The minimum atomic E-state index is -1.24. The summed E-state index contributed by atoms with van der Waals surface area (Å²) in [6, 6.07) is 21.6. The molecule has 0 saturated carbocycles. The number of rotatable bonds is 25. The van der Waals surface area contributed by atoms with Crippen LogP contribution in [0.25, 0.3) is 0 Å². The molecule has 5 aliphatic heterocycles. The average molecular weight is 1160 g/mol. The standard InChI is InChI=1S/C64H90F2N12O6/c1-45(2)30-53(72-61(83)59(81)46(3)31-47-10-7-6-8-11-47)60(82)67-20-28-84-29-27-75-23-16-63(41-75)17-24-76(42-63)39-57(79)69-37-49-13-9-12-48(32-49)36-68-55-35-56(71-44-70-55)77-25-18-64(19-26-77)43-78(40-58(80)73-64)54-34-51(65)50(33-52(54)66)38-74-21-14-62(4,5)15-22-74/h6-13,32-35,44-46,53,59,81H,14-31,36-43H2,1-5H3,(H,67,82)(H,69,79)(H,72,83)(H,73,80)(H,68,70,71)/t46-,53+,59+,63+/m1/s1. The Morgan fingerprint density at radius 2 is 1.44 bits per heavy atom. The van der Waals surface area contributed by atoms with Crippen LogP contribution in [0.4, 0.5) is 26.1 Å². The molecule has 9 rings (SSSR count). The highest BCUT2D eigenvalue weighted by Crippen LogP contribution is 2.40. The number of benzene rings is 3. The third-order valence-electron chi connectivity index (χ3n) is 18.0. The van der Waals surface area contributed by atoms with Gasteiger partial charge in [-0.3, -0.25) is 29.0 Å². The van der Waals surface area contributed by atoms with E-state index in [1.165, 1.54) is 12.1 Å². The highest BCUT2D eigenvalue weighted by atomic mass is 19.1. The van der Waals surface area contributed by atoms with Gasteiger partial charge in [0.15, 0.2) is 0 Å². The van der Waals surface area contributed by atoms with E-state index in [0.717, 1.165) is 94.0 Å². The molecule has 0 radical (unpaired) electrons. The molecule has 0 aliphatic carbocycles. The van der Waals surface area contributed by atoms with E-state index >= 15 is 8.78 Å². The normalized spacial score (nSPS) is 21.1. The molecule has 4 atom stereocenters. The second kappa shape index (κ2) is 28.3. The van der Waals surface area contributed by atoms with Gasteiger partial charge < -0.3 is 51.1 Å². The van der Waals surface area contributed by atoms with Crippen molar-refractivity contribution in [2.24, 2.45) is 22.7 Å². The molecule has 5 fully saturated rings. The molecule has 4 aromatic rings. The maximum absolute atomic E-state index is 15.8. The topological polar surface area (TPSA) is 200 Å². The van der Waals surface area contributed by atoms with Gasteiger partial charge in [-0.2, -0.15) is 0 Å². The quantitative estimate of drug-likeness (QED) is 0.0430. The van der Waals surface area contributed by atoms with E-state index in [9.17, 15) is 24.3 Å². The molecule has 20 heteroatoms. The van der Waals surface area contributed by atoms with Crippen LogP contribution in [-0.4, -0.2) is 169 Å². The highest BCUT2D eigenvalue weighted by Gasteiger charge is 2.44. The molecule has 0 bridgehead atoms. The van der Waals surface area contributed by atoms with E-state index < -0.39 is 35.2 Å². The summed E-state index contributed by atoms with van der Waals surface area (Å²) < 4.78 is 37.3. The van der Waals surface area contributed by atoms with Gasteiger partial charge in [0.05, 0.1) is 37.5 Å². The molecule has 6 N–H and O–H groups in total. The van der Waals surface area contributed by atoms with Gasteiger partial charge in [-0.25, -0.2) is 18.7 Å². The van der Waals surface area contributed by atoms with Gasteiger partial charge in [-0.1, -0.05) is 89.2 Å². The number of anilines is 3. The molecular formula is C64H90F2N12O6. The number of aliphatic hydroxyl groups is 1. The van der Waals surface area contributed by atoms with Crippen molar-refractivity contribution >= 4 is 41.0 Å². The molecular weight excluding hydrogens is 1070 g/mol. The second-order valence-electron chi connectivity index (χ2n) is 25.9. The maximum Gasteiger partial charge on any atom is 0.249 e. The Kier molecular flexibility index (Phi) is 20.9. The van der Waals surface area contributed by atoms with Gasteiger partial charge in [-0.15, -0.1) is 0 Å². The summed E-state index contributed by atoms with van der Waals surface area (Å²) in [6.45, 7) is 20.9. The van der Waals surface area contributed by atoms with E-state index in [1.54, 1.807) is 11.2 Å². The fraction of sp³-hybridized carbons (Fsp3) is 0.594. The first-order chi connectivity index (χ1) is 40.3. The fourth-order valence-electron chi connectivity index (χ4n) is 12.9. The number of carbonyl (C=O) groups excluding carboxylic acids is 4. The van der Waals surface area contributed by atoms with Crippen LogP contribution in [0.3, 0.4) is 0 Å². The van der Waals surface area contributed by atoms with Crippen molar-refractivity contribution in [3.8, 4) is 0 Å². The number of likely N-dealkylation sites (tertiary alicyclic amines) is 3. The summed E-state index contributed by atoms with van der Waals surface area (Å²) in [6.07, 6.45) is 6.67. The van der Waals surface area contributed by atoms with Crippen LogP contribution < -0.4 is 36.4 Å². The summed E-state index contributed by atoms with van der Waals surface area (Å²) in [5.41, 5.74) is 3.37. The Labute approximate surface area is 495 Å². The van der Waals surface area contributed by atoms with Crippen LogP contribution >= 0.6 is 0 Å². The van der Waals surface area contributed by atoms with Crippen LogP contribution in [-0.2, 0) is 50.0 Å². The van der Waals surface area contributed by atoms with E-state index in [-0.39, 0.29) is 52.6 Å². The number of halogens is 2. The van der Waals surface area contributed by atoms with Crippen LogP contribution in [0.2, 0.25) is 0 Å². The number of amides is 4. The monoisotopic (exact) mass is 1160 g/mol. The van der Waals surface area contributed by atoms with Gasteiger partial charge in [0, 0.05) is 83.1 Å². The highest BCUT2D eigenvalue weighted by molar-refractivity contribution is 5.89. The average Bonchev–Trinajstić information content (AvgIpc) is 1.51. The first kappa shape index (κ1) is 62.2. The predicted octanol–water partition coefficient (Wildman–Crippen LogP) is 5.88. The lowest BCUT2D eigenvalue weighted by Crippen LogP contribution is -2.66. The molecule has 84 heavy (non-hydrogen) atoms. The van der Waals surface area contributed by atoms with Gasteiger partial charge in [0.25, 0.3) is 0 Å². The molecule has 4 amide bonds. The van der Waals surface area contributed by atoms with Crippen molar-refractivity contribution in [3.63, 3.8) is 0 Å². The molecule has 5 saturated heterocycles. The zero-order chi connectivity index (χ0) is 59.4. The first-order valence-corrected chi connectivity index (χ1v) is 30.5. The first-order valence-electron chi connectivity index (χ1n) is 30.5. The van der Waals surface area contributed by atoms with Crippen LogP contribution in [0.5, 0.6) is 0 Å². The molecule has 0 unspecified atom stereocenters. The summed E-state index contributed by atoms with van der Waals surface area (Å²) in [7, 11) is 0. The number of hydrogen-bond donors (Lipinski definition) is 6. The molecule has 3 aromatic carbocycles. The molecule has 18 nitrogen and oxygen atoms in total. The number of nitrogens with one attached hydrogen (secondary N) is 5. The van der Waals surface area contributed by atoms with E-state index in [4.69, 9.17) is 4.74 Å². The molecule has 1 aromatic heterocycles. The van der Waals surface area contributed by atoms with Crippen LogP contribution in [0.15, 0.2) is 79.1 Å². The van der Waals surface area contributed by atoms with Gasteiger partial charge in [-0.05, 0) is 123 Å². The Bertz CT molecular complexity index is 2860. The van der Waals surface area contributed by atoms with Crippen molar-refractivity contribution in [2.45, 2.75) is 123 Å². The Morgan fingerprint density at radius 3 is 2.19 bits per heavy atom. The van der Waals surface area contributed by atoms with Crippen LogP contribution in [0.1, 0.15) is 102 Å². The third-order valence-corrected chi connectivity index (χ3v) is 18.0. The van der Waals surface area contributed by atoms with Gasteiger partial charge >= 0.3 is 0 Å². The van der Waals surface area contributed by atoms with E-state index in [0.29, 0.717) is 103 Å². The minimum Gasteiger partial charge on any atom is -0.383 e. The zero-order valence-corrected chi connectivity index (χ0v) is 50.1. The Morgan fingerprint density at radius 1 is 0.738 bits per heavy atom. The second-order valence-corrected chi connectivity index (χ2v) is 25.9. The number of piperidine rings is 2. The van der Waals surface area contributed by atoms with Crippen molar-refractivity contribution in [1.29, 1.82) is 0 Å². The minimum absolute atomic E-state index is 0.00272. The van der Waals surface area contributed by atoms with Crippen molar-refractivity contribution < 1.29 is 37.8 Å². The van der Waals surface area contributed by atoms with E-state index in [1.807, 2.05) is 75.4 Å². The lowest BCUT2D eigenvalue weighted by molar-refractivity contribution is -0.136. The van der Waals surface area contributed by atoms with Crippen molar-refractivity contribution in [1.82, 2.24) is 45.9 Å². The van der Waals surface area contributed by atoms with Gasteiger partial charge in [0.1, 0.15) is 41.7 Å². The molecule has 456 valence electrons. The molecule has 6 heterocycles. The number of nitrogens with zero attached hydrogens (tertiary/aromatic N) is 7. The van der Waals surface area contributed by atoms with Gasteiger partial charge in [0.2, 0.25) is 23.6 Å². The van der Waals surface area contributed by atoms with Crippen molar-refractivity contribution in [2.75, 3.05) is 113 Å². The number of carbonyl (C=O) groups is 4. The predicted molar refractivity (Wildman–Crippen MR) is 322 cm³/mol. The lowest BCUT2D eigenvalue weighted by atomic mass is 9.82. The van der Waals surface area contributed by atoms with E-state index in [2.05, 4.69) is 76.1 Å². The SMILES string of the molecule is CC(C)C[C@H](NC(=O)[C@@H](O)[C@H](C)Cc1ccccc1)C(=O)NCCOCCN1CC[C@]2(CCN(CC(=O)NCc3cccc(CNc4cc(N5CCC6(CC5)CN(c5cc(F)c(CN7CCC(C)(C)CC7)cc5F)CC(=O)N6)ncn4)c3)C2)C1. The smallest absolute Gasteiger partial charge is 0.249 e. The van der Waals surface area contributed by atoms with Crippen molar-refractivity contribution in [3.05, 3.63) is 113 Å². The third kappa shape index (κ3) is 17.2. The number of aliphatic hydroxyl groups excluding tert-OH is 1. The fourth-order valence-corrected chi connectivity index (χ4v) is 12.9. The lowest BCUT2D eigenvalue weighted by Gasteiger charge is -2.48. The Balaban J connectivity index is 0.650. The number of hydrogen-bond acceptors (Lipinski definition) is 14. The summed E-state index contributed by atoms with van der Waals surface area (Å²) >= 11 is 0. The Hall–Kier alpha value is -6.32. The summed E-state index contributed by atoms with van der Waals surface area (Å²) in [4.78, 5) is 72.4. The summed E-state index contributed by atoms with van der Waals surface area (Å²) in [5, 5.41) is 26.3. The number of ether oxygens (including phenoxy) is 1. The number of aromatic nitrogens is 2. The molecule has 2 spiro atoms. The zero-order valence-electron chi connectivity index (χ0n) is 50.1. The van der Waals surface area contributed by atoms with Crippen LogP contribution in [0, 0.1) is 34.3 Å². The molecule has 5 aliphatic rings. The largest absolute Gasteiger partial charge is 0.383 e. The summed E-state index contributed by atoms with van der Waals surface area (Å²) in [5.74, 6) is -0.724. The number of piperazine rings is 1.